The highest BCUT2D eigenvalue weighted by Crippen LogP contribution is 2.20. The molecule has 1 aromatic heterocycles. The summed E-state index contributed by atoms with van der Waals surface area (Å²) < 4.78 is 4.95. The molecule has 0 aromatic carbocycles. The summed E-state index contributed by atoms with van der Waals surface area (Å²) in [5.41, 5.74) is 2.11. The molecule has 1 heterocycles. The van der Waals surface area contributed by atoms with Crippen LogP contribution in [-0.2, 0) is 0 Å². The molecule has 0 bridgehead atoms. The first-order chi connectivity index (χ1) is 5.36. The molecular weight excluding hydrogens is 138 g/mol. The fraction of sp³-hybridized carbons (Fsp3) is 0.222. The van der Waals surface area contributed by atoms with Gasteiger partial charge in [-0.3, -0.25) is 0 Å². The fourth-order valence-corrected chi connectivity index (χ4v) is 1.15. The van der Waals surface area contributed by atoms with Crippen molar-refractivity contribution in [3.05, 3.63) is 35.7 Å². The second kappa shape index (κ2) is 2.38. The lowest BCUT2D eigenvalue weighted by Crippen LogP contribution is -1.75. The van der Waals surface area contributed by atoms with Crippen molar-refractivity contribution in [2.75, 3.05) is 0 Å². The van der Waals surface area contributed by atoms with Crippen LogP contribution in [0.3, 0.4) is 0 Å². The van der Waals surface area contributed by atoms with Crippen molar-refractivity contribution in [2.45, 2.75) is 13.3 Å². The van der Waals surface area contributed by atoms with Gasteiger partial charge >= 0.3 is 0 Å². The monoisotopic (exact) mass is 147 g/mol. The highest BCUT2D eigenvalue weighted by atomic mass is 16.5. The third-order valence-corrected chi connectivity index (χ3v) is 1.69. The quantitative estimate of drug-likeness (QED) is 0.609. The Hall–Kier alpha value is -1.31. The summed E-state index contributed by atoms with van der Waals surface area (Å²) in [4.78, 5) is 0. The molecule has 2 rings (SSSR count). The Labute approximate surface area is 65.2 Å². The lowest BCUT2D eigenvalue weighted by Gasteiger charge is -1.86. The molecule has 0 saturated carbocycles. The van der Waals surface area contributed by atoms with E-state index in [4.69, 9.17) is 4.52 Å². The van der Waals surface area contributed by atoms with E-state index in [9.17, 15) is 0 Å². The summed E-state index contributed by atoms with van der Waals surface area (Å²) in [6.07, 6.45) is 7.33. The molecular formula is C9H9NO. The normalized spacial score (nSPS) is 15.5. The molecule has 0 radical (unpaired) electrons. The first-order valence-corrected chi connectivity index (χ1v) is 3.66. The van der Waals surface area contributed by atoms with Crippen LogP contribution in [0.5, 0.6) is 0 Å². The molecule has 1 aromatic rings. The van der Waals surface area contributed by atoms with E-state index >= 15 is 0 Å². The number of rotatable bonds is 1. The lowest BCUT2D eigenvalue weighted by atomic mass is 10.2. The van der Waals surface area contributed by atoms with Gasteiger partial charge in [0.2, 0.25) is 0 Å². The van der Waals surface area contributed by atoms with Crippen LogP contribution in [0.25, 0.3) is 5.57 Å². The molecule has 2 nitrogen and oxygen atoms in total. The maximum Gasteiger partial charge on any atom is 0.134 e. The minimum Gasteiger partial charge on any atom is -0.361 e. The molecule has 0 spiro atoms. The Morgan fingerprint density at radius 2 is 2.45 bits per heavy atom. The second-order valence-electron chi connectivity index (χ2n) is 2.62. The van der Waals surface area contributed by atoms with Gasteiger partial charge in [-0.15, -0.1) is 0 Å². The Kier molecular flexibility index (Phi) is 1.39. The zero-order chi connectivity index (χ0) is 7.68. The predicted octanol–water partition coefficient (Wildman–Crippen LogP) is 2.33. The third-order valence-electron chi connectivity index (χ3n) is 1.69. The summed E-state index contributed by atoms with van der Waals surface area (Å²) in [6.45, 7) is 1.90. The Bertz CT molecular complexity index is 320. The van der Waals surface area contributed by atoms with Crippen LogP contribution in [0.15, 0.2) is 28.8 Å². The minimum atomic E-state index is 0.862. The topological polar surface area (TPSA) is 26.0 Å². The van der Waals surface area contributed by atoms with Crippen LogP contribution < -0.4 is 0 Å². The lowest BCUT2D eigenvalue weighted by molar-refractivity contribution is 0.396. The van der Waals surface area contributed by atoms with Gasteiger partial charge in [0, 0.05) is 6.07 Å². The highest BCUT2D eigenvalue weighted by molar-refractivity contribution is 5.73. The molecule has 0 unspecified atom stereocenters. The van der Waals surface area contributed by atoms with Crippen LogP contribution >= 0.6 is 0 Å². The zero-order valence-corrected chi connectivity index (χ0v) is 6.37. The standard InChI is InChI=1S/C9H9NO/c1-7-6-9(10-11-7)8-4-2-3-5-8/h2,4-6H,3H2,1H3. The van der Waals surface area contributed by atoms with Crippen molar-refractivity contribution in [1.82, 2.24) is 5.16 Å². The minimum absolute atomic E-state index is 0.862. The van der Waals surface area contributed by atoms with E-state index in [1.807, 2.05) is 13.0 Å². The molecule has 0 saturated heterocycles. The molecule has 0 fully saturated rings. The van der Waals surface area contributed by atoms with Gasteiger partial charge in [0.1, 0.15) is 11.5 Å². The Morgan fingerprint density at radius 1 is 1.55 bits per heavy atom. The van der Waals surface area contributed by atoms with Crippen molar-refractivity contribution >= 4 is 5.57 Å². The van der Waals surface area contributed by atoms with Crippen molar-refractivity contribution in [3.63, 3.8) is 0 Å². The molecule has 1 aliphatic carbocycles. The van der Waals surface area contributed by atoms with Gasteiger partial charge in [0.05, 0.1) is 0 Å². The van der Waals surface area contributed by atoms with E-state index in [1.54, 1.807) is 0 Å². The molecule has 0 aliphatic heterocycles. The van der Waals surface area contributed by atoms with Gasteiger partial charge in [-0.2, -0.15) is 0 Å². The van der Waals surface area contributed by atoms with Crippen molar-refractivity contribution in [2.24, 2.45) is 0 Å². The first kappa shape index (κ1) is 6.40. The van der Waals surface area contributed by atoms with E-state index in [-0.39, 0.29) is 0 Å². The number of aromatic nitrogens is 1. The smallest absolute Gasteiger partial charge is 0.134 e. The molecule has 0 amide bonds. The number of nitrogens with zero attached hydrogens (tertiary/aromatic N) is 1. The van der Waals surface area contributed by atoms with Crippen molar-refractivity contribution < 1.29 is 4.52 Å². The number of hydrogen-bond donors (Lipinski definition) is 0. The average Bonchev–Trinajstić information content (AvgIpc) is 2.55. The number of allylic oxidation sites excluding steroid dienone is 4. The summed E-state index contributed by atoms with van der Waals surface area (Å²) in [6, 6.07) is 1.95. The SMILES string of the molecule is Cc1cc(C2=CCC=C2)no1. The van der Waals surface area contributed by atoms with E-state index in [0.29, 0.717) is 0 Å². The Balaban J connectivity index is 2.36. The first-order valence-electron chi connectivity index (χ1n) is 3.66. The maximum atomic E-state index is 4.95. The van der Waals surface area contributed by atoms with Gasteiger partial charge in [0.25, 0.3) is 0 Å². The second-order valence-corrected chi connectivity index (χ2v) is 2.62. The molecule has 0 N–H and O–H groups in total. The van der Waals surface area contributed by atoms with Crippen LogP contribution in [0.1, 0.15) is 17.9 Å². The van der Waals surface area contributed by atoms with Crippen LogP contribution in [0.2, 0.25) is 0 Å². The van der Waals surface area contributed by atoms with E-state index in [1.165, 1.54) is 5.57 Å². The van der Waals surface area contributed by atoms with Gasteiger partial charge in [-0.05, 0) is 18.9 Å². The largest absolute Gasteiger partial charge is 0.361 e. The summed E-state index contributed by atoms with van der Waals surface area (Å²) in [5.74, 6) is 0.862. The van der Waals surface area contributed by atoms with Gasteiger partial charge in [0.15, 0.2) is 0 Å². The van der Waals surface area contributed by atoms with Gasteiger partial charge in [-0.25, -0.2) is 0 Å². The zero-order valence-electron chi connectivity index (χ0n) is 6.37. The summed E-state index contributed by atoms with van der Waals surface area (Å²) in [7, 11) is 0. The van der Waals surface area contributed by atoms with Crippen LogP contribution in [0.4, 0.5) is 0 Å². The molecule has 1 aliphatic rings. The fourth-order valence-electron chi connectivity index (χ4n) is 1.15. The molecule has 56 valence electrons. The summed E-state index contributed by atoms with van der Waals surface area (Å²) >= 11 is 0. The Morgan fingerprint density at radius 3 is 3.00 bits per heavy atom. The van der Waals surface area contributed by atoms with E-state index < -0.39 is 0 Å². The third kappa shape index (κ3) is 1.11. The summed E-state index contributed by atoms with van der Waals surface area (Å²) in [5, 5.41) is 3.90. The number of hydrogen-bond acceptors (Lipinski definition) is 2. The van der Waals surface area contributed by atoms with E-state index in [0.717, 1.165) is 17.9 Å². The van der Waals surface area contributed by atoms with E-state index in [2.05, 4.69) is 23.4 Å². The van der Waals surface area contributed by atoms with Crippen molar-refractivity contribution in [1.29, 1.82) is 0 Å². The molecule has 0 atom stereocenters. The molecule has 2 heteroatoms. The van der Waals surface area contributed by atoms with Crippen LogP contribution in [0, 0.1) is 6.92 Å². The van der Waals surface area contributed by atoms with Crippen molar-refractivity contribution in [3.8, 4) is 0 Å². The highest BCUT2D eigenvalue weighted by Gasteiger charge is 2.05. The van der Waals surface area contributed by atoms with Gasteiger partial charge in [-0.1, -0.05) is 23.4 Å². The molecule has 11 heavy (non-hydrogen) atoms. The van der Waals surface area contributed by atoms with Crippen LogP contribution in [-0.4, -0.2) is 5.16 Å². The maximum absolute atomic E-state index is 4.95. The number of aryl methyl sites for hydroxylation is 1. The predicted molar refractivity (Wildman–Crippen MR) is 43.0 cm³/mol. The average molecular weight is 147 g/mol. The van der Waals surface area contributed by atoms with Gasteiger partial charge < -0.3 is 4.52 Å².